The number of phenols is 1. The van der Waals surface area contributed by atoms with Crippen LogP contribution in [0.1, 0.15) is 5.56 Å². The Bertz CT molecular complexity index is 687. The van der Waals surface area contributed by atoms with Crippen LogP contribution in [-0.4, -0.2) is 25.1 Å². The van der Waals surface area contributed by atoms with Gasteiger partial charge in [-0.15, -0.1) is 0 Å². The maximum Gasteiger partial charge on any atom is 0.243 e. The smallest absolute Gasteiger partial charge is 0.243 e. The molecule has 0 aliphatic rings. The van der Waals surface area contributed by atoms with Crippen molar-refractivity contribution < 1.29 is 13.5 Å². The van der Waals surface area contributed by atoms with E-state index in [2.05, 4.69) is 9.71 Å². The second-order valence-electron chi connectivity index (χ2n) is 4.11. The van der Waals surface area contributed by atoms with Crippen LogP contribution in [0.3, 0.4) is 0 Å². The highest BCUT2D eigenvalue weighted by Crippen LogP contribution is 2.17. The summed E-state index contributed by atoms with van der Waals surface area (Å²) < 4.78 is 26.5. The first kappa shape index (κ1) is 14.8. The molecule has 0 saturated heterocycles. The van der Waals surface area contributed by atoms with Gasteiger partial charge in [-0.3, -0.25) is 0 Å². The largest absolute Gasteiger partial charge is 0.508 e. The van der Waals surface area contributed by atoms with Crippen molar-refractivity contribution in [3.63, 3.8) is 0 Å². The SMILES string of the molecule is O=S(=O)(NCCc1ccc(O)cc1)c1cccnc1Cl. The zero-order valence-corrected chi connectivity index (χ0v) is 12.0. The first-order valence-electron chi connectivity index (χ1n) is 5.87. The molecule has 0 spiro atoms. The number of benzene rings is 1. The Morgan fingerprint density at radius 2 is 1.90 bits per heavy atom. The lowest BCUT2D eigenvalue weighted by Gasteiger charge is -2.07. The second-order valence-corrected chi connectivity index (χ2v) is 6.20. The fourth-order valence-electron chi connectivity index (χ4n) is 1.64. The topological polar surface area (TPSA) is 79.3 Å². The van der Waals surface area contributed by atoms with Gasteiger partial charge in [0.05, 0.1) is 0 Å². The van der Waals surface area contributed by atoms with Crippen molar-refractivity contribution in [3.05, 3.63) is 53.3 Å². The number of nitrogens with one attached hydrogen (secondary N) is 1. The second kappa shape index (κ2) is 6.21. The monoisotopic (exact) mass is 312 g/mol. The van der Waals surface area contributed by atoms with E-state index < -0.39 is 10.0 Å². The minimum Gasteiger partial charge on any atom is -0.508 e. The van der Waals surface area contributed by atoms with E-state index in [0.29, 0.717) is 6.42 Å². The summed E-state index contributed by atoms with van der Waals surface area (Å²) in [5.41, 5.74) is 0.919. The van der Waals surface area contributed by atoms with Gasteiger partial charge >= 0.3 is 0 Å². The molecule has 0 radical (unpaired) electrons. The number of rotatable bonds is 5. The summed E-state index contributed by atoms with van der Waals surface area (Å²) in [5, 5.41) is 9.11. The Kier molecular flexibility index (Phi) is 4.59. The molecule has 1 aromatic heterocycles. The molecule has 2 N–H and O–H groups in total. The van der Waals surface area contributed by atoms with Crippen LogP contribution in [0.15, 0.2) is 47.5 Å². The summed E-state index contributed by atoms with van der Waals surface area (Å²) in [6.07, 6.45) is 1.94. The van der Waals surface area contributed by atoms with Crippen LogP contribution >= 0.6 is 11.6 Å². The fraction of sp³-hybridized carbons (Fsp3) is 0.154. The third kappa shape index (κ3) is 3.69. The minimum absolute atomic E-state index is 0.0348. The molecular formula is C13H13ClN2O3S. The maximum atomic E-state index is 12.0. The molecule has 0 aliphatic carbocycles. The summed E-state index contributed by atoms with van der Waals surface area (Å²) in [6.45, 7) is 0.234. The average Bonchev–Trinajstić information content (AvgIpc) is 2.41. The molecule has 0 amide bonds. The number of nitrogens with zero attached hydrogens (tertiary/aromatic N) is 1. The van der Waals surface area contributed by atoms with E-state index >= 15 is 0 Å². The van der Waals surface area contributed by atoms with E-state index in [1.54, 1.807) is 24.3 Å². The van der Waals surface area contributed by atoms with Crippen LogP contribution in [0.25, 0.3) is 0 Å². The van der Waals surface area contributed by atoms with Gasteiger partial charge in [0.15, 0.2) is 0 Å². The summed E-state index contributed by atoms with van der Waals surface area (Å²) in [6, 6.07) is 9.50. The lowest BCUT2D eigenvalue weighted by molar-refractivity contribution is 0.475. The quantitative estimate of drug-likeness (QED) is 0.827. The van der Waals surface area contributed by atoms with E-state index in [-0.39, 0.29) is 22.3 Å². The molecule has 0 bridgehead atoms. The van der Waals surface area contributed by atoms with Crippen molar-refractivity contribution in [1.29, 1.82) is 0 Å². The average molecular weight is 313 g/mol. The summed E-state index contributed by atoms with van der Waals surface area (Å²) >= 11 is 5.76. The highest BCUT2D eigenvalue weighted by molar-refractivity contribution is 7.89. The van der Waals surface area contributed by atoms with Crippen molar-refractivity contribution in [2.75, 3.05) is 6.54 Å². The number of halogens is 1. The van der Waals surface area contributed by atoms with Crippen molar-refractivity contribution in [1.82, 2.24) is 9.71 Å². The van der Waals surface area contributed by atoms with Gasteiger partial charge in [0, 0.05) is 12.7 Å². The molecule has 0 unspecified atom stereocenters. The zero-order valence-electron chi connectivity index (χ0n) is 10.5. The molecule has 1 heterocycles. The number of aromatic hydroxyl groups is 1. The molecule has 0 aliphatic heterocycles. The molecule has 2 aromatic rings. The first-order valence-corrected chi connectivity index (χ1v) is 7.73. The zero-order chi connectivity index (χ0) is 14.6. The molecular weight excluding hydrogens is 300 g/mol. The number of sulfonamides is 1. The third-order valence-electron chi connectivity index (χ3n) is 2.66. The molecule has 0 atom stereocenters. The van der Waals surface area contributed by atoms with Crippen molar-refractivity contribution >= 4 is 21.6 Å². The van der Waals surface area contributed by atoms with Gasteiger partial charge in [-0.25, -0.2) is 18.1 Å². The summed E-state index contributed by atoms with van der Waals surface area (Å²) in [4.78, 5) is 3.70. The van der Waals surface area contributed by atoms with Gasteiger partial charge in [0.2, 0.25) is 10.0 Å². The number of hydrogen-bond acceptors (Lipinski definition) is 4. The molecule has 0 fully saturated rings. The maximum absolute atomic E-state index is 12.0. The van der Waals surface area contributed by atoms with Crippen LogP contribution in [0, 0.1) is 0 Å². The molecule has 106 valence electrons. The van der Waals surface area contributed by atoms with Crippen LogP contribution in [0.2, 0.25) is 5.15 Å². The van der Waals surface area contributed by atoms with E-state index in [9.17, 15) is 8.42 Å². The molecule has 20 heavy (non-hydrogen) atoms. The standard InChI is InChI=1S/C13H13ClN2O3S/c14-13-12(2-1-8-15-13)20(18,19)16-9-7-10-3-5-11(17)6-4-10/h1-6,8,16-17H,7,9H2. The summed E-state index contributed by atoms with van der Waals surface area (Å²) in [5.74, 6) is 0.177. The highest BCUT2D eigenvalue weighted by atomic mass is 35.5. The predicted molar refractivity (Wildman–Crippen MR) is 76.2 cm³/mol. The van der Waals surface area contributed by atoms with Gasteiger partial charge in [-0.05, 0) is 36.2 Å². The molecule has 5 nitrogen and oxygen atoms in total. The lowest BCUT2D eigenvalue weighted by atomic mass is 10.1. The lowest BCUT2D eigenvalue weighted by Crippen LogP contribution is -2.26. The van der Waals surface area contributed by atoms with Gasteiger partial charge in [-0.2, -0.15) is 0 Å². The van der Waals surface area contributed by atoms with Crippen molar-refractivity contribution in [3.8, 4) is 5.75 Å². The Hall–Kier alpha value is -1.63. The minimum atomic E-state index is -3.66. The van der Waals surface area contributed by atoms with Gasteiger partial charge in [0.25, 0.3) is 0 Å². The van der Waals surface area contributed by atoms with E-state index in [1.165, 1.54) is 18.3 Å². The van der Waals surface area contributed by atoms with Gasteiger partial charge < -0.3 is 5.11 Å². The first-order chi connectivity index (χ1) is 9.49. The number of phenolic OH excluding ortho intramolecular Hbond substituents is 1. The van der Waals surface area contributed by atoms with Crippen molar-refractivity contribution in [2.24, 2.45) is 0 Å². The summed E-state index contributed by atoms with van der Waals surface area (Å²) in [7, 11) is -3.66. The molecule has 7 heteroatoms. The molecule has 2 rings (SSSR count). The van der Waals surface area contributed by atoms with Crippen LogP contribution in [-0.2, 0) is 16.4 Å². The predicted octanol–water partition coefficient (Wildman–Crippen LogP) is 1.96. The van der Waals surface area contributed by atoms with Crippen LogP contribution < -0.4 is 4.72 Å². The highest BCUT2D eigenvalue weighted by Gasteiger charge is 2.17. The number of pyridine rings is 1. The molecule has 1 aromatic carbocycles. The van der Waals surface area contributed by atoms with Crippen molar-refractivity contribution in [2.45, 2.75) is 11.3 Å². The Morgan fingerprint density at radius 3 is 2.55 bits per heavy atom. The Morgan fingerprint density at radius 1 is 1.20 bits per heavy atom. The Balaban J connectivity index is 2.00. The normalized spacial score (nSPS) is 11.4. The van der Waals surface area contributed by atoms with Gasteiger partial charge in [-0.1, -0.05) is 23.7 Å². The number of aromatic nitrogens is 1. The van der Waals surface area contributed by atoms with Gasteiger partial charge in [0.1, 0.15) is 15.8 Å². The Labute approximate surface area is 122 Å². The third-order valence-corrected chi connectivity index (χ3v) is 4.56. The fourth-order valence-corrected chi connectivity index (χ4v) is 3.12. The number of hydrogen-bond donors (Lipinski definition) is 2. The van der Waals surface area contributed by atoms with E-state index in [4.69, 9.17) is 16.7 Å². The van der Waals surface area contributed by atoms with Crippen LogP contribution in [0.4, 0.5) is 0 Å². The van der Waals surface area contributed by atoms with E-state index in [0.717, 1.165) is 5.56 Å². The van der Waals surface area contributed by atoms with Crippen LogP contribution in [0.5, 0.6) is 5.75 Å². The van der Waals surface area contributed by atoms with E-state index in [1.807, 2.05) is 0 Å². The molecule has 0 saturated carbocycles.